The fourth-order valence-electron chi connectivity index (χ4n) is 3.94. The minimum atomic E-state index is 0.0801. The van der Waals surface area contributed by atoms with Gasteiger partial charge in [-0.1, -0.05) is 54.1 Å². The van der Waals surface area contributed by atoms with E-state index in [4.69, 9.17) is 0 Å². The molecule has 0 unspecified atom stereocenters. The van der Waals surface area contributed by atoms with E-state index < -0.39 is 0 Å². The lowest BCUT2D eigenvalue weighted by Gasteiger charge is -2.31. The fourth-order valence-corrected chi connectivity index (χ4v) is 3.94. The monoisotopic (exact) mass is 400 g/mol. The lowest BCUT2D eigenvalue weighted by Crippen LogP contribution is -2.41. The molecular formula is C25H28N4O. The SMILES string of the molecule is Cc1cccc(-c2ccc(N3CCC(C(=O)NCCc4ccccc4)CC3)nn2)c1. The van der Waals surface area contributed by atoms with E-state index in [9.17, 15) is 4.79 Å². The molecule has 0 aliphatic carbocycles. The summed E-state index contributed by atoms with van der Waals surface area (Å²) in [6.45, 7) is 4.42. The van der Waals surface area contributed by atoms with Crippen molar-refractivity contribution in [3.63, 3.8) is 0 Å². The van der Waals surface area contributed by atoms with Crippen LogP contribution < -0.4 is 10.2 Å². The Labute approximate surface area is 178 Å². The van der Waals surface area contributed by atoms with Gasteiger partial charge in [0.2, 0.25) is 5.91 Å². The molecule has 1 aromatic heterocycles. The normalized spacial score (nSPS) is 14.5. The second-order valence-electron chi connectivity index (χ2n) is 7.93. The Balaban J connectivity index is 1.26. The number of carbonyl (C=O) groups is 1. The summed E-state index contributed by atoms with van der Waals surface area (Å²) in [5, 5.41) is 12.0. The zero-order valence-corrected chi connectivity index (χ0v) is 17.4. The molecule has 2 heterocycles. The van der Waals surface area contributed by atoms with Gasteiger partial charge in [-0.2, -0.15) is 0 Å². The number of hydrogen-bond acceptors (Lipinski definition) is 4. The quantitative estimate of drug-likeness (QED) is 0.679. The van der Waals surface area contributed by atoms with E-state index in [0.717, 1.165) is 49.4 Å². The summed E-state index contributed by atoms with van der Waals surface area (Å²) in [6, 6.07) is 22.6. The van der Waals surface area contributed by atoms with E-state index in [2.05, 4.69) is 57.7 Å². The molecule has 0 atom stereocenters. The Bertz CT molecular complexity index is 964. The van der Waals surface area contributed by atoms with Crippen LogP contribution in [0.1, 0.15) is 24.0 Å². The van der Waals surface area contributed by atoms with Crippen LogP contribution >= 0.6 is 0 Å². The van der Waals surface area contributed by atoms with Crippen molar-refractivity contribution in [3.8, 4) is 11.3 Å². The summed E-state index contributed by atoms with van der Waals surface area (Å²) >= 11 is 0. The molecule has 2 aromatic carbocycles. The third-order valence-electron chi connectivity index (χ3n) is 5.71. The number of rotatable bonds is 6. The topological polar surface area (TPSA) is 58.1 Å². The summed E-state index contributed by atoms with van der Waals surface area (Å²) in [5.74, 6) is 1.14. The van der Waals surface area contributed by atoms with E-state index in [-0.39, 0.29) is 11.8 Å². The zero-order valence-electron chi connectivity index (χ0n) is 17.4. The molecule has 3 aromatic rings. The highest BCUT2D eigenvalue weighted by Gasteiger charge is 2.25. The van der Waals surface area contributed by atoms with Gasteiger partial charge in [0.15, 0.2) is 5.82 Å². The number of hydrogen-bond donors (Lipinski definition) is 1. The lowest BCUT2D eigenvalue weighted by molar-refractivity contribution is -0.125. The number of aryl methyl sites for hydroxylation is 1. The first-order chi connectivity index (χ1) is 14.7. The van der Waals surface area contributed by atoms with Gasteiger partial charge in [0.25, 0.3) is 0 Å². The lowest BCUT2D eigenvalue weighted by atomic mass is 9.96. The molecule has 4 rings (SSSR count). The predicted molar refractivity (Wildman–Crippen MR) is 120 cm³/mol. The average Bonchev–Trinajstić information content (AvgIpc) is 2.80. The molecule has 1 aliphatic heterocycles. The van der Waals surface area contributed by atoms with Gasteiger partial charge in [0.1, 0.15) is 0 Å². The van der Waals surface area contributed by atoms with Gasteiger partial charge >= 0.3 is 0 Å². The first kappa shape index (κ1) is 20.1. The minimum absolute atomic E-state index is 0.0801. The van der Waals surface area contributed by atoms with Gasteiger partial charge in [-0.3, -0.25) is 4.79 Å². The number of amides is 1. The molecule has 0 spiro atoms. The molecule has 0 saturated carbocycles. The summed E-state index contributed by atoms with van der Waals surface area (Å²) in [7, 11) is 0. The van der Waals surface area contributed by atoms with Crippen molar-refractivity contribution >= 4 is 11.7 Å². The van der Waals surface area contributed by atoms with E-state index >= 15 is 0 Å². The van der Waals surface area contributed by atoms with Crippen molar-refractivity contribution in [2.75, 3.05) is 24.5 Å². The Kier molecular flexibility index (Phi) is 6.38. The molecule has 5 nitrogen and oxygen atoms in total. The maximum absolute atomic E-state index is 12.5. The van der Waals surface area contributed by atoms with Gasteiger partial charge in [-0.15, -0.1) is 10.2 Å². The van der Waals surface area contributed by atoms with Crippen molar-refractivity contribution in [1.82, 2.24) is 15.5 Å². The maximum atomic E-state index is 12.5. The first-order valence-electron chi connectivity index (χ1n) is 10.7. The molecule has 1 aliphatic rings. The highest BCUT2D eigenvalue weighted by atomic mass is 16.1. The Morgan fingerprint density at radius 1 is 1.00 bits per heavy atom. The molecule has 1 N–H and O–H groups in total. The number of aromatic nitrogens is 2. The largest absolute Gasteiger partial charge is 0.356 e. The van der Waals surface area contributed by atoms with Gasteiger partial charge in [-0.25, -0.2) is 0 Å². The zero-order chi connectivity index (χ0) is 20.8. The number of nitrogens with zero attached hydrogens (tertiary/aromatic N) is 3. The Morgan fingerprint density at radius 3 is 2.50 bits per heavy atom. The van der Waals surface area contributed by atoms with Crippen LogP contribution in [0.3, 0.4) is 0 Å². The number of nitrogens with one attached hydrogen (secondary N) is 1. The molecule has 154 valence electrons. The molecular weight excluding hydrogens is 372 g/mol. The second kappa shape index (κ2) is 9.53. The highest BCUT2D eigenvalue weighted by molar-refractivity contribution is 5.79. The number of anilines is 1. The van der Waals surface area contributed by atoms with Crippen LogP contribution in [-0.4, -0.2) is 35.7 Å². The summed E-state index contributed by atoms with van der Waals surface area (Å²) in [6.07, 6.45) is 2.56. The van der Waals surface area contributed by atoms with Crippen LogP contribution in [0, 0.1) is 12.8 Å². The Morgan fingerprint density at radius 2 is 1.80 bits per heavy atom. The maximum Gasteiger partial charge on any atom is 0.223 e. The van der Waals surface area contributed by atoms with Gasteiger partial charge in [-0.05, 0) is 49.9 Å². The van der Waals surface area contributed by atoms with Crippen molar-refractivity contribution < 1.29 is 4.79 Å². The van der Waals surface area contributed by atoms with Crippen LogP contribution in [-0.2, 0) is 11.2 Å². The summed E-state index contributed by atoms with van der Waals surface area (Å²) in [5.41, 5.74) is 4.43. The van der Waals surface area contributed by atoms with Crippen molar-refractivity contribution in [2.45, 2.75) is 26.2 Å². The summed E-state index contributed by atoms with van der Waals surface area (Å²) < 4.78 is 0. The van der Waals surface area contributed by atoms with Crippen molar-refractivity contribution in [3.05, 3.63) is 77.9 Å². The fraction of sp³-hybridized carbons (Fsp3) is 0.320. The molecule has 1 fully saturated rings. The van der Waals surface area contributed by atoms with E-state index in [1.54, 1.807) is 0 Å². The van der Waals surface area contributed by atoms with E-state index in [1.165, 1.54) is 11.1 Å². The first-order valence-corrected chi connectivity index (χ1v) is 10.7. The molecule has 5 heteroatoms. The number of benzene rings is 2. The number of carbonyl (C=O) groups excluding carboxylic acids is 1. The summed E-state index contributed by atoms with van der Waals surface area (Å²) in [4.78, 5) is 14.7. The number of piperidine rings is 1. The predicted octanol–water partition coefficient (Wildman–Crippen LogP) is 4.03. The smallest absolute Gasteiger partial charge is 0.223 e. The minimum Gasteiger partial charge on any atom is -0.356 e. The van der Waals surface area contributed by atoms with Crippen LogP contribution in [0.25, 0.3) is 11.3 Å². The van der Waals surface area contributed by atoms with Crippen LogP contribution in [0.2, 0.25) is 0 Å². The Hall–Kier alpha value is -3.21. The van der Waals surface area contributed by atoms with Crippen LogP contribution in [0.15, 0.2) is 66.7 Å². The second-order valence-corrected chi connectivity index (χ2v) is 7.93. The van der Waals surface area contributed by atoms with E-state index in [1.807, 2.05) is 36.4 Å². The van der Waals surface area contributed by atoms with Gasteiger partial charge in [0.05, 0.1) is 5.69 Å². The van der Waals surface area contributed by atoms with Crippen molar-refractivity contribution in [2.24, 2.45) is 5.92 Å². The van der Waals surface area contributed by atoms with Gasteiger partial charge in [0, 0.05) is 31.1 Å². The molecule has 1 saturated heterocycles. The van der Waals surface area contributed by atoms with Crippen molar-refractivity contribution in [1.29, 1.82) is 0 Å². The van der Waals surface area contributed by atoms with Crippen LogP contribution in [0.4, 0.5) is 5.82 Å². The molecule has 1 amide bonds. The highest BCUT2D eigenvalue weighted by Crippen LogP contribution is 2.24. The molecule has 0 radical (unpaired) electrons. The van der Waals surface area contributed by atoms with Gasteiger partial charge < -0.3 is 10.2 Å². The third kappa shape index (κ3) is 5.03. The van der Waals surface area contributed by atoms with E-state index in [0.29, 0.717) is 6.54 Å². The van der Waals surface area contributed by atoms with Crippen LogP contribution in [0.5, 0.6) is 0 Å². The standard InChI is InChI=1S/C25H28N4O/c1-19-6-5-9-22(18-19)23-10-11-24(28-27-23)29-16-13-21(14-17-29)25(30)26-15-12-20-7-3-2-4-8-20/h2-11,18,21H,12-17H2,1H3,(H,26,30). The third-order valence-corrected chi connectivity index (χ3v) is 5.71. The molecule has 0 bridgehead atoms. The average molecular weight is 401 g/mol. The molecule has 30 heavy (non-hydrogen) atoms.